The van der Waals surface area contributed by atoms with Crippen molar-refractivity contribution in [3.63, 3.8) is 0 Å². The summed E-state index contributed by atoms with van der Waals surface area (Å²) in [5, 5.41) is 0.462. The van der Waals surface area contributed by atoms with Crippen LogP contribution in [0.15, 0.2) is 18.6 Å². The van der Waals surface area contributed by atoms with E-state index in [9.17, 15) is 0 Å². The van der Waals surface area contributed by atoms with Crippen LogP contribution >= 0.6 is 11.6 Å². The highest BCUT2D eigenvalue weighted by molar-refractivity contribution is 6.33. The Morgan fingerprint density at radius 2 is 2.31 bits per heavy atom. The van der Waals surface area contributed by atoms with E-state index in [-0.39, 0.29) is 0 Å². The predicted molar refractivity (Wildman–Crippen MR) is 62.3 cm³/mol. The van der Waals surface area contributed by atoms with Crippen LogP contribution < -0.4 is 0 Å². The van der Waals surface area contributed by atoms with E-state index in [0.29, 0.717) is 11.8 Å². The molecule has 0 atom stereocenters. The van der Waals surface area contributed by atoms with Crippen molar-refractivity contribution < 1.29 is 4.74 Å². The molecule has 4 nitrogen and oxygen atoms in total. The van der Waals surface area contributed by atoms with Gasteiger partial charge < -0.3 is 9.72 Å². The number of hydrogen-bond donors (Lipinski definition) is 1. The van der Waals surface area contributed by atoms with Crippen LogP contribution in [0.5, 0.6) is 0 Å². The minimum atomic E-state index is 0.462. The van der Waals surface area contributed by atoms with Crippen molar-refractivity contribution in [3.05, 3.63) is 29.3 Å². The van der Waals surface area contributed by atoms with Crippen LogP contribution in [0.1, 0.15) is 12.0 Å². The second kappa shape index (κ2) is 3.88. The summed E-state index contributed by atoms with van der Waals surface area (Å²) in [7, 11) is 0. The third kappa shape index (κ3) is 1.50. The Bertz CT molecular complexity index is 561. The lowest BCUT2D eigenvalue weighted by Gasteiger charge is -2.12. The number of H-pyrrole nitrogens is 1. The molecule has 3 rings (SSSR count). The second-order valence-electron chi connectivity index (χ2n) is 3.64. The van der Waals surface area contributed by atoms with Gasteiger partial charge in [0, 0.05) is 11.8 Å². The molecule has 1 aliphatic heterocycles. The Labute approximate surface area is 97.3 Å². The summed E-state index contributed by atoms with van der Waals surface area (Å²) >= 11 is 5.98. The minimum absolute atomic E-state index is 0.462. The van der Waals surface area contributed by atoms with Crippen LogP contribution in [0.2, 0.25) is 5.15 Å². The molecule has 2 aromatic rings. The number of hydrogen-bond acceptors (Lipinski definition) is 3. The Kier molecular flexibility index (Phi) is 2.38. The normalized spacial score (nSPS) is 16.4. The maximum Gasteiger partial charge on any atom is 0.156 e. The molecule has 82 valence electrons. The number of nitrogens with zero attached hydrogens (tertiary/aromatic N) is 2. The second-order valence-corrected chi connectivity index (χ2v) is 4.00. The average Bonchev–Trinajstić information content (AvgIpc) is 2.75. The zero-order chi connectivity index (χ0) is 11.0. The number of ether oxygens (including phenoxy) is 1. The summed E-state index contributed by atoms with van der Waals surface area (Å²) < 4.78 is 5.29. The van der Waals surface area contributed by atoms with Gasteiger partial charge >= 0.3 is 0 Å². The van der Waals surface area contributed by atoms with Gasteiger partial charge in [-0.2, -0.15) is 0 Å². The standard InChI is InChI=1S/C11H10ClN3O/c12-11-10-9(14-6-15-11)8(5-13-10)7-1-3-16-4-2-7/h1,5-6,13H,2-4H2. The molecule has 0 fully saturated rings. The molecule has 0 bridgehead atoms. The highest BCUT2D eigenvalue weighted by atomic mass is 35.5. The fraction of sp³-hybridized carbons (Fsp3) is 0.273. The summed E-state index contributed by atoms with van der Waals surface area (Å²) in [6.07, 6.45) is 6.42. The molecule has 5 heteroatoms. The third-order valence-corrected chi connectivity index (χ3v) is 3.01. The van der Waals surface area contributed by atoms with Crippen molar-refractivity contribution >= 4 is 28.2 Å². The Hall–Kier alpha value is -1.39. The third-order valence-electron chi connectivity index (χ3n) is 2.73. The first-order chi connectivity index (χ1) is 7.86. The molecule has 0 radical (unpaired) electrons. The van der Waals surface area contributed by atoms with Gasteiger partial charge in [0.25, 0.3) is 0 Å². The molecule has 16 heavy (non-hydrogen) atoms. The summed E-state index contributed by atoms with van der Waals surface area (Å²) in [4.78, 5) is 11.3. The number of rotatable bonds is 1. The number of halogens is 1. The predicted octanol–water partition coefficient (Wildman–Crippen LogP) is 2.42. The van der Waals surface area contributed by atoms with E-state index >= 15 is 0 Å². The summed E-state index contributed by atoms with van der Waals surface area (Å²) in [5.41, 5.74) is 4.04. The van der Waals surface area contributed by atoms with Gasteiger partial charge in [0.2, 0.25) is 0 Å². The van der Waals surface area contributed by atoms with Gasteiger partial charge in [0.15, 0.2) is 5.15 Å². The van der Waals surface area contributed by atoms with Crippen molar-refractivity contribution in [1.82, 2.24) is 15.0 Å². The molecule has 1 aliphatic rings. The van der Waals surface area contributed by atoms with Crippen molar-refractivity contribution in [3.8, 4) is 0 Å². The monoisotopic (exact) mass is 235 g/mol. The van der Waals surface area contributed by atoms with E-state index in [2.05, 4.69) is 21.0 Å². The van der Waals surface area contributed by atoms with Crippen LogP contribution in [0.4, 0.5) is 0 Å². The molecule has 0 saturated carbocycles. The van der Waals surface area contributed by atoms with E-state index in [1.165, 1.54) is 11.9 Å². The van der Waals surface area contributed by atoms with E-state index in [1.807, 2.05) is 6.20 Å². The molecular formula is C11H10ClN3O. The zero-order valence-corrected chi connectivity index (χ0v) is 9.29. The SMILES string of the molecule is Clc1ncnc2c(C3=CCOCC3)c[nH]c12. The highest BCUT2D eigenvalue weighted by Gasteiger charge is 2.13. The van der Waals surface area contributed by atoms with Gasteiger partial charge in [-0.1, -0.05) is 17.7 Å². The van der Waals surface area contributed by atoms with E-state index < -0.39 is 0 Å². The van der Waals surface area contributed by atoms with Crippen LogP contribution in [-0.2, 0) is 4.74 Å². The zero-order valence-electron chi connectivity index (χ0n) is 8.53. The number of aromatic amines is 1. The maximum atomic E-state index is 5.98. The fourth-order valence-corrected chi connectivity index (χ4v) is 2.11. The van der Waals surface area contributed by atoms with Crippen molar-refractivity contribution in [2.75, 3.05) is 13.2 Å². The minimum Gasteiger partial charge on any atom is -0.377 e. The van der Waals surface area contributed by atoms with Crippen molar-refractivity contribution in [2.24, 2.45) is 0 Å². The molecule has 2 aromatic heterocycles. The van der Waals surface area contributed by atoms with Crippen molar-refractivity contribution in [1.29, 1.82) is 0 Å². The van der Waals surface area contributed by atoms with Crippen LogP contribution in [0.3, 0.4) is 0 Å². The number of fused-ring (bicyclic) bond motifs is 1. The van der Waals surface area contributed by atoms with Crippen LogP contribution in [0.25, 0.3) is 16.6 Å². The Morgan fingerprint density at radius 3 is 3.12 bits per heavy atom. The van der Waals surface area contributed by atoms with E-state index in [0.717, 1.165) is 29.6 Å². The molecule has 0 aliphatic carbocycles. The topological polar surface area (TPSA) is 50.8 Å². The van der Waals surface area contributed by atoms with Gasteiger partial charge in [-0.25, -0.2) is 9.97 Å². The number of nitrogens with one attached hydrogen (secondary N) is 1. The summed E-state index contributed by atoms with van der Waals surface area (Å²) in [6, 6.07) is 0. The van der Waals surface area contributed by atoms with Gasteiger partial charge in [-0.05, 0) is 12.0 Å². The quantitative estimate of drug-likeness (QED) is 0.773. The molecular weight excluding hydrogens is 226 g/mol. The Morgan fingerprint density at radius 1 is 1.38 bits per heavy atom. The molecule has 0 unspecified atom stereocenters. The molecule has 0 amide bonds. The molecule has 0 spiro atoms. The van der Waals surface area contributed by atoms with Crippen LogP contribution in [0, 0.1) is 0 Å². The number of aromatic nitrogens is 3. The van der Waals surface area contributed by atoms with Crippen LogP contribution in [-0.4, -0.2) is 28.2 Å². The Balaban J connectivity index is 2.17. The molecule has 3 heterocycles. The highest BCUT2D eigenvalue weighted by Crippen LogP contribution is 2.29. The van der Waals surface area contributed by atoms with Gasteiger partial charge in [-0.3, -0.25) is 0 Å². The first-order valence-electron chi connectivity index (χ1n) is 5.11. The smallest absolute Gasteiger partial charge is 0.156 e. The average molecular weight is 236 g/mol. The fourth-order valence-electron chi connectivity index (χ4n) is 1.93. The van der Waals surface area contributed by atoms with E-state index in [4.69, 9.17) is 16.3 Å². The lowest BCUT2D eigenvalue weighted by molar-refractivity contribution is 0.161. The van der Waals surface area contributed by atoms with Crippen molar-refractivity contribution in [2.45, 2.75) is 6.42 Å². The van der Waals surface area contributed by atoms with Gasteiger partial charge in [0.1, 0.15) is 17.4 Å². The largest absolute Gasteiger partial charge is 0.377 e. The lowest BCUT2D eigenvalue weighted by Crippen LogP contribution is -2.03. The molecule has 1 N–H and O–H groups in total. The lowest BCUT2D eigenvalue weighted by atomic mass is 10.0. The first-order valence-corrected chi connectivity index (χ1v) is 5.49. The first kappa shape index (κ1) is 9.81. The maximum absolute atomic E-state index is 5.98. The molecule has 0 aromatic carbocycles. The van der Waals surface area contributed by atoms with E-state index in [1.54, 1.807) is 0 Å². The summed E-state index contributed by atoms with van der Waals surface area (Å²) in [5.74, 6) is 0. The van der Waals surface area contributed by atoms with Gasteiger partial charge in [0.05, 0.1) is 13.2 Å². The molecule has 0 saturated heterocycles. The summed E-state index contributed by atoms with van der Waals surface area (Å²) in [6.45, 7) is 1.43. The van der Waals surface area contributed by atoms with Gasteiger partial charge in [-0.15, -0.1) is 0 Å².